The largest absolute Gasteiger partial charge is 0.373 e. The first-order chi connectivity index (χ1) is 15.6. The maximum Gasteiger partial charge on any atom is 0.162 e. The highest BCUT2D eigenvalue weighted by atomic mass is 19.2. The van der Waals surface area contributed by atoms with Crippen LogP contribution in [0.15, 0.2) is 30.5 Å². The maximum absolute atomic E-state index is 15.1. The van der Waals surface area contributed by atoms with E-state index in [4.69, 9.17) is 4.74 Å². The molecule has 0 radical (unpaired) electrons. The van der Waals surface area contributed by atoms with Gasteiger partial charge in [0.05, 0.1) is 12.7 Å². The Hall–Kier alpha value is -1.81. The van der Waals surface area contributed by atoms with Crippen LogP contribution in [0.1, 0.15) is 112 Å². The molecule has 1 aliphatic carbocycles. The molecule has 2 fully saturated rings. The Morgan fingerprint density at radius 1 is 0.844 bits per heavy atom. The Morgan fingerprint density at radius 3 is 2.09 bits per heavy atom. The summed E-state index contributed by atoms with van der Waals surface area (Å²) in [7, 11) is 0. The van der Waals surface area contributed by atoms with Crippen LogP contribution in [0.5, 0.6) is 0 Å². The van der Waals surface area contributed by atoms with Crippen molar-refractivity contribution in [1.29, 1.82) is 0 Å². The van der Waals surface area contributed by atoms with Gasteiger partial charge in [0.15, 0.2) is 11.6 Å². The highest BCUT2D eigenvalue weighted by Gasteiger charge is 2.30. The normalized spacial score (nSPS) is 26.2. The average Bonchev–Trinajstić information content (AvgIpc) is 2.83. The van der Waals surface area contributed by atoms with E-state index in [0.29, 0.717) is 17.7 Å². The van der Waals surface area contributed by atoms with Gasteiger partial charge < -0.3 is 4.74 Å². The number of benzene rings is 1. The number of halogens is 2. The Labute approximate surface area is 191 Å². The molecule has 32 heavy (non-hydrogen) atoms. The van der Waals surface area contributed by atoms with Gasteiger partial charge in [-0.05, 0) is 79.5 Å². The van der Waals surface area contributed by atoms with Crippen LogP contribution < -0.4 is 0 Å². The van der Waals surface area contributed by atoms with Crippen molar-refractivity contribution in [2.45, 2.75) is 96.0 Å². The SMILES string of the molecule is CCCc1ccc(C2CCC(c3ccc(C4CCC(CCC)CC4)c(F)c3F)CO2)cn1. The molecule has 0 N–H and O–H groups in total. The number of nitrogens with zero attached hydrogens (tertiary/aromatic N) is 1. The monoisotopic (exact) mass is 441 g/mol. The molecular formula is C28H37F2NO. The summed E-state index contributed by atoms with van der Waals surface area (Å²) in [4.78, 5) is 4.53. The lowest BCUT2D eigenvalue weighted by Gasteiger charge is -2.31. The molecule has 1 aromatic heterocycles. The zero-order valence-corrected chi connectivity index (χ0v) is 19.6. The van der Waals surface area contributed by atoms with Gasteiger partial charge in [-0.15, -0.1) is 0 Å². The number of aromatic nitrogens is 1. The van der Waals surface area contributed by atoms with Gasteiger partial charge in [0.2, 0.25) is 0 Å². The molecule has 1 saturated heterocycles. The van der Waals surface area contributed by atoms with Crippen LogP contribution >= 0.6 is 0 Å². The molecule has 2 aliphatic rings. The third-order valence-electron chi connectivity index (χ3n) is 7.57. The lowest BCUT2D eigenvalue weighted by Crippen LogP contribution is -2.21. The van der Waals surface area contributed by atoms with E-state index in [1.807, 2.05) is 18.3 Å². The number of hydrogen-bond acceptors (Lipinski definition) is 2. The fourth-order valence-corrected chi connectivity index (χ4v) is 5.67. The van der Waals surface area contributed by atoms with Gasteiger partial charge in [-0.2, -0.15) is 0 Å². The summed E-state index contributed by atoms with van der Waals surface area (Å²) in [6.45, 7) is 4.78. The van der Waals surface area contributed by atoms with Gasteiger partial charge in [0.25, 0.3) is 0 Å². The van der Waals surface area contributed by atoms with Gasteiger partial charge in [0.1, 0.15) is 0 Å². The summed E-state index contributed by atoms with van der Waals surface area (Å²) >= 11 is 0. The van der Waals surface area contributed by atoms with E-state index in [-0.39, 0.29) is 17.9 Å². The number of rotatable bonds is 7. The van der Waals surface area contributed by atoms with Crippen molar-refractivity contribution in [2.75, 3.05) is 6.61 Å². The number of hydrogen-bond donors (Lipinski definition) is 0. The molecule has 2 unspecified atom stereocenters. The predicted octanol–water partition coefficient (Wildman–Crippen LogP) is 8.02. The van der Waals surface area contributed by atoms with Gasteiger partial charge in [0, 0.05) is 17.8 Å². The fourth-order valence-electron chi connectivity index (χ4n) is 5.67. The van der Waals surface area contributed by atoms with E-state index in [0.717, 1.165) is 68.5 Å². The lowest BCUT2D eigenvalue weighted by molar-refractivity contribution is 0.00142. The standard InChI is InChI=1S/C28H37F2NO/c1-3-5-19-7-9-20(10-8-19)24-14-15-25(28(30)27(24)29)22-12-16-26(32-18-22)21-11-13-23(6-4-2)31-17-21/h11,13-15,17,19-20,22,26H,3-10,12,16,18H2,1-2H3. The predicted molar refractivity (Wildman–Crippen MR) is 125 cm³/mol. The van der Waals surface area contributed by atoms with E-state index >= 15 is 8.78 Å². The minimum Gasteiger partial charge on any atom is -0.373 e. The molecule has 0 bridgehead atoms. The summed E-state index contributed by atoms with van der Waals surface area (Å²) in [6.07, 6.45) is 12.2. The number of aryl methyl sites for hydroxylation is 1. The molecule has 2 atom stereocenters. The molecule has 1 aliphatic heterocycles. The van der Waals surface area contributed by atoms with Crippen LogP contribution in [0, 0.1) is 17.6 Å². The van der Waals surface area contributed by atoms with Crippen LogP contribution in [0.25, 0.3) is 0 Å². The van der Waals surface area contributed by atoms with Crippen molar-refractivity contribution in [2.24, 2.45) is 5.92 Å². The highest BCUT2D eigenvalue weighted by Crippen LogP contribution is 2.41. The molecular weight excluding hydrogens is 404 g/mol. The summed E-state index contributed by atoms with van der Waals surface area (Å²) in [6, 6.07) is 7.83. The molecule has 1 saturated carbocycles. The van der Waals surface area contributed by atoms with Crippen molar-refractivity contribution in [1.82, 2.24) is 4.98 Å². The third-order valence-corrected chi connectivity index (χ3v) is 7.57. The molecule has 2 heterocycles. The second kappa shape index (κ2) is 10.9. The van der Waals surface area contributed by atoms with E-state index in [9.17, 15) is 0 Å². The average molecular weight is 442 g/mol. The summed E-state index contributed by atoms with van der Waals surface area (Å²) in [5, 5.41) is 0. The summed E-state index contributed by atoms with van der Waals surface area (Å²) in [5.74, 6) is -0.465. The number of pyridine rings is 1. The first kappa shape index (κ1) is 23.4. The van der Waals surface area contributed by atoms with Gasteiger partial charge in [-0.3, -0.25) is 4.98 Å². The third kappa shape index (κ3) is 5.22. The fraction of sp³-hybridized carbons (Fsp3) is 0.607. The van der Waals surface area contributed by atoms with Crippen molar-refractivity contribution in [3.63, 3.8) is 0 Å². The van der Waals surface area contributed by atoms with Crippen LogP contribution in [0.2, 0.25) is 0 Å². The summed E-state index contributed by atoms with van der Waals surface area (Å²) in [5.41, 5.74) is 3.22. The van der Waals surface area contributed by atoms with Crippen LogP contribution in [0.4, 0.5) is 8.78 Å². The first-order valence-corrected chi connectivity index (χ1v) is 12.6. The minimum atomic E-state index is -0.657. The van der Waals surface area contributed by atoms with Gasteiger partial charge in [-0.25, -0.2) is 8.78 Å². The van der Waals surface area contributed by atoms with Crippen molar-refractivity contribution in [3.05, 3.63) is 64.5 Å². The van der Waals surface area contributed by atoms with Crippen LogP contribution in [0.3, 0.4) is 0 Å². The maximum atomic E-state index is 15.1. The zero-order chi connectivity index (χ0) is 22.5. The molecule has 2 nitrogen and oxygen atoms in total. The molecule has 0 amide bonds. The smallest absolute Gasteiger partial charge is 0.162 e. The van der Waals surface area contributed by atoms with Crippen LogP contribution in [-0.4, -0.2) is 11.6 Å². The second-order valence-electron chi connectivity index (χ2n) is 9.81. The zero-order valence-electron chi connectivity index (χ0n) is 19.6. The van der Waals surface area contributed by atoms with E-state index in [1.165, 1.54) is 12.8 Å². The Kier molecular flexibility index (Phi) is 7.93. The van der Waals surface area contributed by atoms with E-state index in [1.54, 1.807) is 0 Å². The van der Waals surface area contributed by atoms with Crippen LogP contribution in [-0.2, 0) is 11.2 Å². The molecule has 4 rings (SSSR count). The molecule has 0 spiro atoms. The van der Waals surface area contributed by atoms with Gasteiger partial charge in [-0.1, -0.05) is 51.3 Å². The second-order valence-corrected chi connectivity index (χ2v) is 9.81. The topological polar surface area (TPSA) is 22.1 Å². The first-order valence-electron chi connectivity index (χ1n) is 12.6. The molecule has 1 aromatic carbocycles. The van der Waals surface area contributed by atoms with E-state index in [2.05, 4.69) is 31.0 Å². The number of ether oxygens (including phenoxy) is 1. The Balaban J connectivity index is 1.38. The van der Waals surface area contributed by atoms with Crippen molar-refractivity contribution < 1.29 is 13.5 Å². The van der Waals surface area contributed by atoms with Crippen molar-refractivity contribution >= 4 is 0 Å². The molecule has 174 valence electrons. The highest BCUT2D eigenvalue weighted by molar-refractivity contribution is 5.32. The lowest BCUT2D eigenvalue weighted by atomic mass is 9.76. The molecule has 2 aromatic rings. The molecule has 4 heteroatoms. The van der Waals surface area contributed by atoms with E-state index < -0.39 is 11.6 Å². The minimum absolute atomic E-state index is 0.0140. The quantitative estimate of drug-likeness (QED) is 0.434. The van der Waals surface area contributed by atoms with Gasteiger partial charge >= 0.3 is 0 Å². The Morgan fingerprint density at radius 2 is 1.53 bits per heavy atom. The van der Waals surface area contributed by atoms with Crippen molar-refractivity contribution in [3.8, 4) is 0 Å². The Bertz CT molecular complexity index is 866. The summed E-state index contributed by atoms with van der Waals surface area (Å²) < 4.78 is 36.2.